The standard InChI is InChI=1S/C23H29ClN2O3/c1-17(27)19-5-9-22(10-6-19)26-13-11-25(12-14-26)15-23(28)16-29-18(2)20-3-7-21(24)8-4-20/h3-10,18,23,28H,11-16H2,1-2H3/t18-,23+/m0/s1. The molecule has 5 nitrogen and oxygen atoms in total. The van der Waals surface area contributed by atoms with Gasteiger partial charge in [-0.1, -0.05) is 23.7 Å². The summed E-state index contributed by atoms with van der Waals surface area (Å²) in [5.41, 5.74) is 2.92. The number of carbonyl (C=O) groups excluding carboxylic acids is 1. The topological polar surface area (TPSA) is 53.0 Å². The maximum Gasteiger partial charge on any atom is 0.159 e. The van der Waals surface area contributed by atoms with Gasteiger partial charge in [0.2, 0.25) is 0 Å². The van der Waals surface area contributed by atoms with E-state index in [0.717, 1.165) is 43.0 Å². The lowest BCUT2D eigenvalue weighted by molar-refractivity contribution is -0.0162. The molecule has 1 N–H and O–H groups in total. The molecule has 0 radical (unpaired) electrons. The predicted octanol–water partition coefficient (Wildman–Crippen LogP) is 3.80. The molecule has 1 aliphatic heterocycles. The predicted molar refractivity (Wildman–Crippen MR) is 117 cm³/mol. The SMILES string of the molecule is CC(=O)c1ccc(N2CCN(C[C@@H](O)CO[C@@H](C)c3ccc(Cl)cc3)CC2)cc1. The van der Waals surface area contributed by atoms with Crippen molar-refractivity contribution in [1.29, 1.82) is 0 Å². The van der Waals surface area contributed by atoms with Gasteiger partial charge in [0.05, 0.1) is 18.8 Å². The molecule has 1 heterocycles. The van der Waals surface area contributed by atoms with E-state index < -0.39 is 6.10 Å². The van der Waals surface area contributed by atoms with E-state index in [1.807, 2.05) is 55.5 Å². The third-order valence-electron chi connectivity index (χ3n) is 5.36. The maximum atomic E-state index is 11.4. The Morgan fingerprint density at radius 2 is 1.69 bits per heavy atom. The molecule has 1 saturated heterocycles. The second kappa shape index (κ2) is 10.2. The first kappa shape index (κ1) is 21.8. The molecule has 2 aromatic carbocycles. The Kier molecular flexibility index (Phi) is 7.67. The fourth-order valence-corrected chi connectivity index (χ4v) is 3.66. The first-order valence-electron chi connectivity index (χ1n) is 10.1. The summed E-state index contributed by atoms with van der Waals surface area (Å²) in [7, 11) is 0. The Balaban J connectivity index is 1.40. The van der Waals surface area contributed by atoms with E-state index in [0.29, 0.717) is 18.2 Å². The molecule has 1 fully saturated rings. The van der Waals surface area contributed by atoms with E-state index in [9.17, 15) is 9.90 Å². The van der Waals surface area contributed by atoms with Gasteiger partial charge in [-0.3, -0.25) is 9.69 Å². The highest BCUT2D eigenvalue weighted by Crippen LogP contribution is 2.20. The molecule has 3 rings (SSSR count). The second-order valence-corrected chi connectivity index (χ2v) is 8.01. The van der Waals surface area contributed by atoms with Gasteiger partial charge in [-0.25, -0.2) is 0 Å². The molecular weight excluding hydrogens is 388 g/mol. The zero-order valence-corrected chi connectivity index (χ0v) is 17.8. The van der Waals surface area contributed by atoms with Crippen molar-refractivity contribution in [2.75, 3.05) is 44.2 Å². The highest BCUT2D eigenvalue weighted by atomic mass is 35.5. The van der Waals surface area contributed by atoms with Crippen molar-refractivity contribution < 1.29 is 14.6 Å². The number of β-amino-alcohol motifs (C(OH)–C–C–N with tert-alkyl or cyclic N) is 1. The summed E-state index contributed by atoms with van der Waals surface area (Å²) in [5, 5.41) is 11.1. The third-order valence-corrected chi connectivity index (χ3v) is 5.61. The first-order valence-corrected chi connectivity index (χ1v) is 10.4. The van der Waals surface area contributed by atoms with Crippen molar-refractivity contribution in [2.45, 2.75) is 26.1 Å². The first-order chi connectivity index (χ1) is 13.9. The van der Waals surface area contributed by atoms with Gasteiger partial charge in [0.1, 0.15) is 0 Å². The molecule has 0 bridgehead atoms. The van der Waals surface area contributed by atoms with E-state index in [2.05, 4.69) is 9.80 Å². The number of piperazine rings is 1. The highest BCUT2D eigenvalue weighted by molar-refractivity contribution is 6.30. The van der Waals surface area contributed by atoms with Crippen LogP contribution < -0.4 is 4.90 Å². The number of hydrogen-bond donors (Lipinski definition) is 1. The van der Waals surface area contributed by atoms with Crippen molar-refractivity contribution in [3.63, 3.8) is 0 Å². The fourth-order valence-electron chi connectivity index (χ4n) is 3.53. The molecule has 0 aliphatic carbocycles. The van der Waals surface area contributed by atoms with Gasteiger partial charge in [-0.2, -0.15) is 0 Å². The van der Waals surface area contributed by atoms with Crippen molar-refractivity contribution in [3.05, 3.63) is 64.7 Å². The Morgan fingerprint density at radius 3 is 2.28 bits per heavy atom. The fraction of sp³-hybridized carbons (Fsp3) is 0.435. The molecule has 2 atom stereocenters. The maximum absolute atomic E-state index is 11.4. The van der Waals surface area contributed by atoms with Gasteiger partial charge in [-0.15, -0.1) is 0 Å². The van der Waals surface area contributed by atoms with E-state index in [1.165, 1.54) is 0 Å². The van der Waals surface area contributed by atoms with Crippen LogP contribution in [0.15, 0.2) is 48.5 Å². The van der Waals surface area contributed by atoms with Crippen molar-refractivity contribution in [2.24, 2.45) is 0 Å². The number of carbonyl (C=O) groups is 1. The number of benzene rings is 2. The van der Waals surface area contributed by atoms with Crippen LogP contribution in [0.5, 0.6) is 0 Å². The van der Waals surface area contributed by atoms with Crippen molar-refractivity contribution in [3.8, 4) is 0 Å². The summed E-state index contributed by atoms with van der Waals surface area (Å²) in [6, 6.07) is 15.4. The Labute approximate surface area is 177 Å². The number of nitrogens with zero attached hydrogens (tertiary/aromatic N) is 2. The van der Waals surface area contributed by atoms with E-state index in [4.69, 9.17) is 16.3 Å². The van der Waals surface area contributed by atoms with Crippen LogP contribution in [0, 0.1) is 0 Å². The van der Waals surface area contributed by atoms with E-state index in [-0.39, 0.29) is 11.9 Å². The molecular formula is C23H29ClN2O3. The summed E-state index contributed by atoms with van der Waals surface area (Å²) in [4.78, 5) is 16.0. The Morgan fingerprint density at radius 1 is 1.07 bits per heavy atom. The van der Waals surface area contributed by atoms with Gasteiger partial charge < -0.3 is 14.7 Å². The number of halogens is 1. The molecule has 1 aliphatic rings. The average molecular weight is 417 g/mol. The number of ether oxygens (including phenoxy) is 1. The molecule has 0 spiro atoms. The monoisotopic (exact) mass is 416 g/mol. The molecule has 0 unspecified atom stereocenters. The summed E-state index contributed by atoms with van der Waals surface area (Å²) >= 11 is 5.92. The normalized spacial score (nSPS) is 17.2. The van der Waals surface area contributed by atoms with Crippen molar-refractivity contribution in [1.82, 2.24) is 4.90 Å². The van der Waals surface area contributed by atoms with Crippen LogP contribution in [0.1, 0.15) is 35.9 Å². The van der Waals surface area contributed by atoms with Gasteiger partial charge in [0.25, 0.3) is 0 Å². The molecule has 0 aromatic heterocycles. The summed E-state index contributed by atoms with van der Waals surface area (Å²) in [6.07, 6.45) is -0.608. The summed E-state index contributed by atoms with van der Waals surface area (Å²) in [6.45, 7) is 8.03. The zero-order chi connectivity index (χ0) is 20.8. The van der Waals surface area contributed by atoms with Gasteiger partial charge >= 0.3 is 0 Å². The molecule has 0 saturated carbocycles. The highest BCUT2D eigenvalue weighted by Gasteiger charge is 2.20. The number of aliphatic hydroxyl groups excluding tert-OH is 1. The second-order valence-electron chi connectivity index (χ2n) is 7.57. The molecule has 2 aromatic rings. The molecule has 29 heavy (non-hydrogen) atoms. The summed E-state index contributed by atoms with van der Waals surface area (Å²) < 4.78 is 5.83. The van der Waals surface area contributed by atoms with Crippen LogP contribution in [0.25, 0.3) is 0 Å². The van der Waals surface area contributed by atoms with Gasteiger partial charge in [-0.05, 0) is 55.8 Å². The Hall–Kier alpha value is -1.92. The van der Waals surface area contributed by atoms with E-state index >= 15 is 0 Å². The number of ketones is 1. The minimum atomic E-state index is -0.522. The van der Waals surface area contributed by atoms with Crippen LogP contribution in [0.3, 0.4) is 0 Å². The van der Waals surface area contributed by atoms with Crippen molar-refractivity contribution >= 4 is 23.1 Å². The van der Waals surface area contributed by atoms with Gasteiger partial charge in [0, 0.05) is 49.0 Å². The lowest BCUT2D eigenvalue weighted by Crippen LogP contribution is -2.49. The Bertz CT molecular complexity index is 787. The molecule has 156 valence electrons. The lowest BCUT2D eigenvalue weighted by atomic mass is 10.1. The zero-order valence-electron chi connectivity index (χ0n) is 17.1. The lowest BCUT2D eigenvalue weighted by Gasteiger charge is -2.37. The number of aliphatic hydroxyl groups is 1. The average Bonchev–Trinajstić information content (AvgIpc) is 2.73. The minimum absolute atomic E-state index is 0.0861. The number of rotatable bonds is 8. The quantitative estimate of drug-likeness (QED) is 0.663. The largest absolute Gasteiger partial charge is 0.389 e. The van der Waals surface area contributed by atoms with Crippen LogP contribution in [0.2, 0.25) is 5.02 Å². The number of anilines is 1. The van der Waals surface area contributed by atoms with Crippen LogP contribution >= 0.6 is 11.6 Å². The number of Topliss-reactive ketones (excluding diaryl/α,β-unsaturated/α-hetero) is 1. The van der Waals surface area contributed by atoms with Crippen LogP contribution in [0.4, 0.5) is 5.69 Å². The smallest absolute Gasteiger partial charge is 0.159 e. The summed E-state index contributed by atoms with van der Waals surface area (Å²) in [5.74, 6) is 0.0861. The number of hydrogen-bond acceptors (Lipinski definition) is 5. The van der Waals surface area contributed by atoms with E-state index in [1.54, 1.807) is 6.92 Å². The van der Waals surface area contributed by atoms with Crippen LogP contribution in [-0.2, 0) is 4.74 Å². The molecule has 6 heteroatoms. The minimum Gasteiger partial charge on any atom is -0.389 e. The van der Waals surface area contributed by atoms with Gasteiger partial charge in [0.15, 0.2) is 5.78 Å². The molecule has 0 amide bonds. The third kappa shape index (κ3) is 6.28. The van der Waals surface area contributed by atoms with Crippen LogP contribution in [-0.4, -0.2) is 61.2 Å².